The highest BCUT2D eigenvalue weighted by Gasteiger charge is 2.31. The second-order valence-corrected chi connectivity index (χ2v) is 4.19. The van der Waals surface area contributed by atoms with Crippen molar-refractivity contribution in [1.82, 2.24) is 4.98 Å². The molecule has 0 amide bonds. The Labute approximate surface area is 106 Å². The van der Waals surface area contributed by atoms with Gasteiger partial charge in [0.2, 0.25) is 5.78 Å². The maximum absolute atomic E-state index is 11.1. The van der Waals surface area contributed by atoms with Crippen LogP contribution in [0.15, 0.2) is 18.3 Å². The monoisotopic (exact) mass is 271 g/mol. The van der Waals surface area contributed by atoms with Crippen LogP contribution in [0.2, 0.25) is 0 Å². The van der Waals surface area contributed by atoms with Crippen LogP contribution in [-0.2, 0) is 0 Å². The number of halogens is 3. The number of aromatic amines is 1. The Balaban J connectivity index is 0. The molecular weight excluding hydrogens is 256 g/mol. The number of alkyl halides is 3. The van der Waals surface area contributed by atoms with Crippen molar-refractivity contribution in [3.05, 3.63) is 24.0 Å². The summed E-state index contributed by atoms with van der Waals surface area (Å²) in [5.41, 5.74) is 0.296. The Morgan fingerprint density at radius 2 is 1.67 bits per heavy atom. The van der Waals surface area contributed by atoms with Crippen molar-refractivity contribution in [3.8, 4) is 0 Å². The second kappa shape index (κ2) is 9.08. The SMILES string of the molecule is CC.CC.O=C(c1ccc[nH]1)C(Cl)(Cl)Cl. The van der Waals surface area contributed by atoms with E-state index in [1.807, 2.05) is 27.7 Å². The predicted molar refractivity (Wildman–Crippen MR) is 68.1 cm³/mol. The summed E-state index contributed by atoms with van der Waals surface area (Å²) in [6.45, 7) is 8.00. The molecule has 1 aromatic heterocycles. The molecule has 0 saturated heterocycles. The van der Waals surface area contributed by atoms with Gasteiger partial charge in [0.1, 0.15) is 0 Å². The van der Waals surface area contributed by atoms with Crippen molar-refractivity contribution in [3.63, 3.8) is 0 Å². The summed E-state index contributed by atoms with van der Waals surface area (Å²) < 4.78 is -1.87. The topological polar surface area (TPSA) is 32.9 Å². The number of aromatic nitrogens is 1. The fourth-order valence-electron chi connectivity index (χ4n) is 0.624. The molecule has 0 aromatic carbocycles. The largest absolute Gasteiger partial charge is 0.359 e. The molecule has 0 atom stereocenters. The molecule has 2 nitrogen and oxygen atoms in total. The number of hydrogen-bond donors (Lipinski definition) is 1. The average Bonchev–Trinajstić information content (AvgIpc) is 2.74. The number of Topliss-reactive ketones (excluding diaryl/α,β-unsaturated/α-hetero) is 1. The summed E-state index contributed by atoms with van der Waals surface area (Å²) in [5.74, 6) is -0.549. The van der Waals surface area contributed by atoms with E-state index in [1.54, 1.807) is 18.3 Å². The van der Waals surface area contributed by atoms with E-state index in [0.717, 1.165) is 0 Å². The number of carbonyl (C=O) groups is 1. The van der Waals surface area contributed by atoms with Gasteiger partial charge in [-0.05, 0) is 12.1 Å². The second-order valence-electron chi connectivity index (χ2n) is 1.91. The van der Waals surface area contributed by atoms with Crippen LogP contribution in [-0.4, -0.2) is 14.6 Å². The van der Waals surface area contributed by atoms with E-state index in [1.165, 1.54) is 0 Å². The van der Waals surface area contributed by atoms with Gasteiger partial charge >= 0.3 is 0 Å². The van der Waals surface area contributed by atoms with Crippen LogP contribution in [0.1, 0.15) is 38.2 Å². The quantitative estimate of drug-likeness (QED) is 0.587. The predicted octanol–water partition coefficient (Wildman–Crippen LogP) is 4.62. The lowest BCUT2D eigenvalue weighted by Gasteiger charge is -2.06. The highest BCUT2D eigenvalue weighted by Crippen LogP contribution is 2.29. The molecule has 5 heteroatoms. The molecule has 15 heavy (non-hydrogen) atoms. The number of carbonyl (C=O) groups excluding carboxylic acids is 1. The van der Waals surface area contributed by atoms with E-state index in [0.29, 0.717) is 5.69 Å². The molecule has 1 N–H and O–H groups in total. The number of H-pyrrole nitrogens is 1. The smallest absolute Gasteiger partial charge is 0.254 e. The number of hydrogen-bond acceptors (Lipinski definition) is 1. The molecule has 0 radical (unpaired) electrons. The van der Waals surface area contributed by atoms with Crippen LogP contribution >= 0.6 is 34.8 Å². The van der Waals surface area contributed by atoms with Crippen molar-refractivity contribution in [2.45, 2.75) is 31.5 Å². The summed E-state index contributed by atoms with van der Waals surface area (Å²) in [6.07, 6.45) is 1.59. The van der Waals surface area contributed by atoms with E-state index < -0.39 is 9.58 Å². The van der Waals surface area contributed by atoms with Gasteiger partial charge in [-0.3, -0.25) is 4.79 Å². The zero-order valence-corrected chi connectivity index (χ0v) is 11.5. The molecule has 0 fully saturated rings. The highest BCUT2D eigenvalue weighted by molar-refractivity contribution is 6.77. The van der Waals surface area contributed by atoms with E-state index in [2.05, 4.69) is 4.98 Å². The van der Waals surface area contributed by atoms with Crippen LogP contribution in [0.5, 0.6) is 0 Å². The number of ketones is 1. The first-order valence-corrected chi connectivity index (χ1v) is 5.90. The zero-order chi connectivity index (χ0) is 12.5. The molecule has 0 aliphatic carbocycles. The third-order valence-electron chi connectivity index (χ3n) is 1.10. The van der Waals surface area contributed by atoms with Crippen LogP contribution in [0, 0.1) is 0 Å². The lowest BCUT2D eigenvalue weighted by atomic mass is 10.3. The molecule has 0 unspecified atom stereocenters. The van der Waals surface area contributed by atoms with Gasteiger partial charge in [0, 0.05) is 6.20 Å². The third-order valence-corrected chi connectivity index (χ3v) is 1.61. The molecule has 1 aromatic rings. The van der Waals surface area contributed by atoms with Gasteiger partial charge in [-0.1, -0.05) is 62.5 Å². The Morgan fingerprint density at radius 3 is 1.93 bits per heavy atom. The normalized spacial score (nSPS) is 9.27. The first-order chi connectivity index (χ1) is 7.02. The summed E-state index contributed by atoms with van der Waals surface area (Å²) in [6, 6.07) is 3.20. The minimum Gasteiger partial charge on any atom is -0.359 e. The fourth-order valence-corrected chi connectivity index (χ4v) is 0.930. The van der Waals surface area contributed by atoms with Crippen LogP contribution in [0.3, 0.4) is 0 Å². The molecule has 0 aliphatic rings. The first-order valence-electron chi connectivity index (χ1n) is 4.77. The van der Waals surface area contributed by atoms with Gasteiger partial charge in [-0.2, -0.15) is 0 Å². The minimum absolute atomic E-state index is 0.296. The molecule has 1 rings (SSSR count). The lowest BCUT2D eigenvalue weighted by Crippen LogP contribution is -2.18. The highest BCUT2D eigenvalue weighted by atomic mass is 35.6. The summed E-state index contributed by atoms with van der Waals surface area (Å²) >= 11 is 16.0. The summed E-state index contributed by atoms with van der Waals surface area (Å²) in [7, 11) is 0. The van der Waals surface area contributed by atoms with Crippen molar-refractivity contribution in [2.24, 2.45) is 0 Å². The number of rotatable bonds is 1. The minimum atomic E-state index is -1.87. The molecule has 0 bridgehead atoms. The molecule has 0 aliphatic heterocycles. The van der Waals surface area contributed by atoms with Gasteiger partial charge in [0.05, 0.1) is 5.69 Å². The summed E-state index contributed by atoms with van der Waals surface area (Å²) in [4.78, 5) is 13.7. The fraction of sp³-hybridized carbons (Fsp3) is 0.500. The zero-order valence-electron chi connectivity index (χ0n) is 9.27. The first kappa shape index (κ1) is 17.2. The Hall–Kier alpha value is -0.180. The van der Waals surface area contributed by atoms with Gasteiger partial charge in [-0.25, -0.2) is 0 Å². The van der Waals surface area contributed by atoms with Crippen molar-refractivity contribution >= 4 is 40.6 Å². The maximum atomic E-state index is 11.1. The van der Waals surface area contributed by atoms with Crippen LogP contribution in [0.25, 0.3) is 0 Å². The van der Waals surface area contributed by atoms with Gasteiger partial charge in [0.25, 0.3) is 3.79 Å². The van der Waals surface area contributed by atoms with E-state index in [9.17, 15) is 4.79 Å². The van der Waals surface area contributed by atoms with E-state index in [-0.39, 0.29) is 0 Å². The van der Waals surface area contributed by atoms with E-state index in [4.69, 9.17) is 34.8 Å². The Morgan fingerprint density at radius 1 is 1.20 bits per heavy atom. The van der Waals surface area contributed by atoms with Crippen LogP contribution < -0.4 is 0 Å². The summed E-state index contributed by atoms with van der Waals surface area (Å²) in [5, 5.41) is 0. The average molecular weight is 273 g/mol. The van der Waals surface area contributed by atoms with Gasteiger partial charge in [-0.15, -0.1) is 0 Å². The van der Waals surface area contributed by atoms with Gasteiger partial charge in [0.15, 0.2) is 0 Å². The number of nitrogens with one attached hydrogen (secondary N) is 1. The lowest BCUT2D eigenvalue weighted by molar-refractivity contribution is 0.0992. The van der Waals surface area contributed by atoms with Crippen LogP contribution in [0.4, 0.5) is 0 Å². The molecule has 88 valence electrons. The van der Waals surface area contributed by atoms with E-state index >= 15 is 0 Å². The molecule has 0 spiro atoms. The maximum Gasteiger partial charge on any atom is 0.254 e. The standard InChI is InChI=1S/C6H4Cl3NO.2C2H6/c7-6(8,9)5(11)4-2-1-3-10-4;2*1-2/h1-3,10H;2*1-2H3. The Bertz CT molecular complexity index is 252. The van der Waals surface area contributed by atoms with Gasteiger partial charge < -0.3 is 4.98 Å². The molecule has 1 heterocycles. The van der Waals surface area contributed by atoms with Crippen molar-refractivity contribution < 1.29 is 4.79 Å². The van der Waals surface area contributed by atoms with Crippen molar-refractivity contribution in [2.75, 3.05) is 0 Å². The Kier molecular flexibility index (Phi) is 10.4. The molecule has 0 saturated carbocycles. The molecular formula is C10H16Cl3NO. The van der Waals surface area contributed by atoms with Crippen molar-refractivity contribution in [1.29, 1.82) is 0 Å². The third kappa shape index (κ3) is 6.82.